The molecule has 24 heavy (non-hydrogen) atoms. The lowest BCUT2D eigenvalue weighted by molar-refractivity contribution is -0.117. The van der Waals surface area contributed by atoms with Crippen molar-refractivity contribution in [2.45, 2.75) is 11.3 Å². The van der Waals surface area contributed by atoms with Crippen LogP contribution in [0.15, 0.2) is 47.4 Å². The van der Waals surface area contributed by atoms with E-state index in [2.05, 4.69) is 0 Å². The van der Waals surface area contributed by atoms with Crippen molar-refractivity contribution >= 4 is 27.3 Å². The highest BCUT2D eigenvalue weighted by Gasteiger charge is 2.32. The Morgan fingerprint density at radius 2 is 1.88 bits per heavy atom. The Labute approximate surface area is 140 Å². The molecule has 2 aliphatic heterocycles. The molecule has 124 valence electrons. The largest absolute Gasteiger partial charge is 0.489 e. The van der Waals surface area contributed by atoms with Crippen LogP contribution in [0.4, 0.5) is 11.4 Å². The van der Waals surface area contributed by atoms with Crippen LogP contribution in [0, 0.1) is 0 Å². The number of amides is 1. The van der Waals surface area contributed by atoms with Gasteiger partial charge in [-0.15, -0.1) is 0 Å². The maximum atomic E-state index is 13.1. The molecule has 0 radical (unpaired) electrons. The summed E-state index contributed by atoms with van der Waals surface area (Å²) in [6.07, 6.45) is 0.231. The average molecular weight is 344 g/mol. The molecular weight excluding hydrogens is 328 g/mol. The number of ether oxygens (including phenoxy) is 1. The van der Waals surface area contributed by atoms with E-state index in [9.17, 15) is 13.2 Å². The molecule has 2 aliphatic rings. The molecule has 4 rings (SSSR count). The van der Waals surface area contributed by atoms with Crippen molar-refractivity contribution in [3.8, 4) is 5.75 Å². The molecule has 0 aromatic heterocycles. The summed E-state index contributed by atoms with van der Waals surface area (Å²) in [5.41, 5.74) is 2.05. The van der Waals surface area contributed by atoms with Crippen LogP contribution in [0.5, 0.6) is 5.75 Å². The second kappa shape index (κ2) is 5.24. The van der Waals surface area contributed by atoms with Crippen LogP contribution in [0.25, 0.3) is 0 Å². The van der Waals surface area contributed by atoms with Crippen molar-refractivity contribution in [3.63, 3.8) is 0 Å². The third kappa shape index (κ3) is 2.16. The van der Waals surface area contributed by atoms with Crippen LogP contribution in [0.3, 0.4) is 0 Å². The molecule has 2 heterocycles. The smallest absolute Gasteiger partial charge is 0.264 e. The summed E-state index contributed by atoms with van der Waals surface area (Å²) in [6.45, 7) is 0.567. The minimum Gasteiger partial charge on any atom is -0.489 e. The number of likely N-dealkylation sites (N-methyl/N-ethyl adjacent to an activating group) is 1. The lowest BCUT2D eigenvalue weighted by Gasteiger charge is -2.30. The number of benzene rings is 2. The van der Waals surface area contributed by atoms with E-state index in [-0.39, 0.29) is 23.8 Å². The molecule has 0 bridgehead atoms. The maximum absolute atomic E-state index is 13.1. The van der Waals surface area contributed by atoms with Crippen LogP contribution in [-0.4, -0.2) is 34.5 Å². The van der Waals surface area contributed by atoms with Gasteiger partial charge < -0.3 is 9.64 Å². The SMILES string of the molecule is CN1C(=O)Cc2cc(S(=O)(=O)N3CCOc4ccccc43)ccc21. The lowest BCUT2D eigenvalue weighted by atomic mass is 10.2. The van der Waals surface area contributed by atoms with Crippen LogP contribution in [0.1, 0.15) is 5.56 Å². The molecule has 0 saturated heterocycles. The highest BCUT2D eigenvalue weighted by Crippen LogP contribution is 2.36. The van der Waals surface area contributed by atoms with Gasteiger partial charge in [-0.05, 0) is 35.9 Å². The molecule has 0 fully saturated rings. The number of nitrogens with zero attached hydrogens (tertiary/aromatic N) is 2. The van der Waals surface area contributed by atoms with E-state index in [1.807, 2.05) is 6.07 Å². The molecule has 0 aliphatic carbocycles. The van der Waals surface area contributed by atoms with Gasteiger partial charge in [-0.3, -0.25) is 9.10 Å². The van der Waals surface area contributed by atoms with Gasteiger partial charge in [0.15, 0.2) is 0 Å². The van der Waals surface area contributed by atoms with Crippen molar-refractivity contribution in [1.82, 2.24) is 0 Å². The van der Waals surface area contributed by atoms with E-state index in [0.717, 1.165) is 11.3 Å². The molecule has 0 unspecified atom stereocenters. The van der Waals surface area contributed by atoms with Crippen LogP contribution in [0.2, 0.25) is 0 Å². The van der Waals surface area contributed by atoms with E-state index in [1.54, 1.807) is 48.3 Å². The Balaban J connectivity index is 1.78. The summed E-state index contributed by atoms with van der Waals surface area (Å²) in [4.78, 5) is 13.6. The fourth-order valence-corrected chi connectivity index (χ4v) is 4.64. The number of fused-ring (bicyclic) bond motifs is 2. The van der Waals surface area contributed by atoms with Gasteiger partial charge in [0.25, 0.3) is 10.0 Å². The van der Waals surface area contributed by atoms with Crippen molar-refractivity contribution in [1.29, 1.82) is 0 Å². The Morgan fingerprint density at radius 3 is 2.71 bits per heavy atom. The molecule has 0 atom stereocenters. The summed E-state index contributed by atoms with van der Waals surface area (Å²) in [5.74, 6) is 0.527. The second-order valence-electron chi connectivity index (χ2n) is 5.81. The third-order valence-electron chi connectivity index (χ3n) is 4.40. The van der Waals surface area contributed by atoms with Gasteiger partial charge >= 0.3 is 0 Å². The Hall–Kier alpha value is -2.54. The quantitative estimate of drug-likeness (QED) is 0.833. The van der Waals surface area contributed by atoms with Crippen LogP contribution in [-0.2, 0) is 21.2 Å². The fraction of sp³-hybridized carbons (Fsp3) is 0.235. The zero-order chi connectivity index (χ0) is 16.9. The summed E-state index contributed by atoms with van der Waals surface area (Å²) >= 11 is 0. The zero-order valence-electron chi connectivity index (χ0n) is 13.1. The highest BCUT2D eigenvalue weighted by atomic mass is 32.2. The summed E-state index contributed by atoms with van der Waals surface area (Å²) in [6, 6.07) is 11.9. The van der Waals surface area contributed by atoms with Gasteiger partial charge in [-0.1, -0.05) is 12.1 Å². The van der Waals surface area contributed by atoms with E-state index >= 15 is 0 Å². The van der Waals surface area contributed by atoms with Crippen molar-refractivity contribution in [3.05, 3.63) is 48.0 Å². The number of para-hydroxylation sites is 2. The predicted molar refractivity (Wildman–Crippen MR) is 90.0 cm³/mol. The first-order valence-corrected chi connectivity index (χ1v) is 9.06. The van der Waals surface area contributed by atoms with Gasteiger partial charge in [0.1, 0.15) is 12.4 Å². The van der Waals surface area contributed by atoms with E-state index < -0.39 is 10.0 Å². The standard InChI is InChI=1S/C17H16N2O4S/c1-18-14-7-6-13(10-12(14)11-17(18)20)24(21,22)19-8-9-23-16-5-3-2-4-15(16)19/h2-7,10H,8-9,11H2,1H3. The maximum Gasteiger partial charge on any atom is 0.264 e. The first-order chi connectivity index (χ1) is 11.5. The third-order valence-corrected chi connectivity index (χ3v) is 6.21. The molecular formula is C17H16N2O4S. The fourth-order valence-electron chi connectivity index (χ4n) is 3.13. The minimum absolute atomic E-state index is 0.0312. The number of anilines is 2. The first kappa shape index (κ1) is 15.0. The Morgan fingerprint density at radius 1 is 1.08 bits per heavy atom. The topological polar surface area (TPSA) is 66.9 Å². The zero-order valence-corrected chi connectivity index (χ0v) is 13.9. The van der Waals surface area contributed by atoms with Gasteiger partial charge in [-0.25, -0.2) is 8.42 Å². The molecule has 2 aromatic rings. The van der Waals surface area contributed by atoms with Gasteiger partial charge in [-0.2, -0.15) is 0 Å². The first-order valence-electron chi connectivity index (χ1n) is 7.62. The summed E-state index contributed by atoms with van der Waals surface area (Å²) in [7, 11) is -2.01. The summed E-state index contributed by atoms with van der Waals surface area (Å²) < 4.78 is 33.1. The molecule has 0 N–H and O–H groups in total. The lowest BCUT2D eigenvalue weighted by Crippen LogP contribution is -2.37. The highest BCUT2D eigenvalue weighted by molar-refractivity contribution is 7.92. The summed E-state index contributed by atoms with van der Waals surface area (Å²) in [5, 5.41) is 0. The number of sulfonamides is 1. The van der Waals surface area contributed by atoms with Crippen molar-refractivity contribution < 1.29 is 17.9 Å². The Bertz CT molecular complexity index is 939. The second-order valence-corrected chi connectivity index (χ2v) is 7.68. The number of hydrogen-bond acceptors (Lipinski definition) is 4. The molecule has 1 amide bonds. The monoisotopic (exact) mass is 344 g/mol. The number of carbonyl (C=O) groups excluding carboxylic acids is 1. The van der Waals surface area contributed by atoms with Crippen molar-refractivity contribution in [2.24, 2.45) is 0 Å². The number of rotatable bonds is 2. The van der Waals surface area contributed by atoms with E-state index in [1.165, 1.54) is 4.31 Å². The normalized spacial score (nSPS) is 16.6. The predicted octanol–water partition coefficient (Wildman–Crippen LogP) is 1.79. The van der Waals surface area contributed by atoms with Gasteiger partial charge in [0, 0.05) is 12.7 Å². The number of carbonyl (C=O) groups is 1. The molecule has 7 heteroatoms. The molecule has 6 nitrogen and oxygen atoms in total. The van der Waals surface area contributed by atoms with E-state index in [0.29, 0.717) is 18.0 Å². The molecule has 0 saturated carbocycles. The minimum atomic E-state index is -3.71. The van der Waals surface area contributed by atoms with Crippen LogP contribution >= 0.6 is 0 Å². The molecule has 0 spiro atoms. The number of hydrogen-bond donors (Lipinski definition) is 0. The van der Waals surface area contributed by atoms with Gasteiger partial charge in [0.05, 0.1) is 23.5 Å². The average Bonchev–Trinajstić information content (AvgIpc) is 2.88. The van der Waals surface area contributed by atoms with E-state index in [4.69, 9.17) is 4.74 Å². The van der Waals surface area contributed by atoms with Gasteiger partial charge in [0.2, 0.25) is 5.91 Å². The Kier molecular flexibility index (Phi) is 3.28. The van der Waals surface area contributed by atoms with Crippen molar-refractivity contribution in [2.75, 3.05) is 29.4 Å². The van der Waals surface area contributed by atoms with Crippen LogP contribution < -0.4 is 13.9 Å². The molecule has 2 aromatic carbocycles.